The van der Waals surface area contributed by atoms with Crippen LogP contribution >= 0.6 is 23.1 Å². The third-order valence-electron chi connectivity index (χ3n) is 4.42. The molecule has 1 N–H and O–H groups in total. The molecule has 0 aliphatic carbocycles. The number of carbonyl (C=O) groups excluding carboxylic acids is 1. The zero-order valence-corrected chi connectivity index (χ0v) is 17.2. The van der Waals surface area contributed by atoms with Crippen LogP contribution in [-0.4, -0.2) is 31.4 Å². The molecule has 0 bridgehead atoms. The summed E-state index contributed by atoms with van der Waals surface area (Å²) < 4.78 is 1.80. The van der Waals surface area contributed by atoms with Crippen molar-refractivity contribution in [1.29, 1.82) is 0 Å². The zero-order chi connectivity index (χ0) is 19.5. The highest BCUT2D eigenvalue weighted by Gasteiger charge is 2.13. The largest absolute Gasteiger partial charge is 0.351 e. The quantitative estimate of drug-likeness (QED) is 0.386. The Morgan fingerprint density at radius 2 is 2.04 bits per heavy atom. The second-order valence-corrected chi connectivity index (χ2v) is 8.50. The van der Waals surface area contributed by atoms with Gasteiger partial charge in [0.15, 0.2) is 0 Å². The van der Waals surface area contributed by atoms with E-state index in [9.17, 15) is 4.79 Å². The van der Waals surface area contributed by atoms with Gasteiger partial charge in [-0.25, -0.2) is 14.6 Å². The van der Waals surface area contributed by atoms with Crippen molar-refractivity contribution in [2.75, 3.05) is 5.75 Å². The van der Waals surface area contributed by atoms with Gasteiger partial charge in [-0.15, -0.1) is 11.3 Å². The lowest BCUT2D eigenvalue weighted by Gasteiger charge is -2.05. The molecule has 4 aromatic rings. The molecule has 142 valence electrons. The van der Waals surface area contributed by atoms with Crippen molar-refractivity contribution in [2.24, 2.45) is 0 Å². The molecule has 3 heterocycles. The maximum atomic E-state index is 12.3. The van der Waals surface area contributed by atoms with Gasteiger partial charge >= 0.3 is 0 Å². The number of rotatable bonds is 6. The van der Waals surface area contributed by atoms with Gasteiger partial charge in [0.05, 0.1) is 17.6 Å². The summed E-state index contributed by atoms with van der Waals surface area (Å²) in [6.07, 6.45) is 5.26. The van der Waals surface area contributed by atoms with E-state index in [2.05, 4.69) is 34.2 Å². The second-order valence-electron chi connectivity index (χ2n) is 6.34. The predicted octanol–water partition coefficient (Wildman–Crippen LogP) is 3.90. The summed E-state index contributed by atoms with van der Waals surface area (Å²) in [5, 5.41) is 9.22. The number of thiophene rings is 1. The van der Waals surface area contributed by atoms with Gasteiger partial charge in [0.2, 0.25) is 5.91 Å². The second kappa shape index (κ2) is 8.12. The van der Waals surface area contributed by atoms with Crippen molar-refractivity contribution in [3.8, 4) is 5.69 Å². The Bertz CT molecular complexity index is 1120. The molecule has 0 aliphatic rings. The minimum atomic E-state index is -0.0335. The first-order chi connectivity index (χ1) is 13.6. The van der Waals surface area contributed by atoms with Crippen molar-refractivity contribution in [2.45, 2.75) is 25.4 Å². The van der Waals surface area contributed by atoms with Crippen LogP contribution in [0.5, 0.6) is 0 Å². The molecule has 28 heavy (non-hydrogen) atoms. The van der Waals surface area contributed by atoms with E-state index in [1.165, 1.54) is 22.2 Å². The molecular weight excluding hydrogens is 390 g/mol. The average Bonchev–Trinajstić information content (AvgIpc) is 3.30. The first-order valence-corrected chi connectivity index (χ1v) is 10.6. The van der Waals surface area contributed by atoms with Crippen LogP contribution < -0.4 is 5.32 Å². The van der Waals surface area contributed by atoms with Crippen LogP contribution in [0.15, 0.2) is 54.1 Å². The van der Waals surface area contributed by atoms with E-state index >= 15 is 0 Å². The fourth-order valence-corrected chi connectivity index (χ4v) is 4.77. The number of hydrogen-bond donors (Lipinski definition) is 1. The third-order valence-corrected chi connectivity index (χ3v) is 6.52. The monoisotopic (exact) mass is 409 g/mol. The Balaban J connectivity index is 1.35. The number of aromatic nitrogens is 4. The molecule has 0 fully saturated rings. The summed E-state index contributed by atoms with van der Waals surface area (Å²) in [6, 6.07) is 9.88. The van der Waals surface area contributed by atoms with Crippen molar-refractivity contribution in [1.82, 2.24) is 25.1 Å². The third kappa shape index (κ3) is 3.93. The Morgan fingerprint density at radius 1 is 1.21 bits per heavy atom. The van der Waals surface area contributed by atoms with Gasteiger partial charge in [0.25, 0.3) is 0 Å². The number of nitrogens with zero attached hydrogens (tertiary/aromatic N) is 4. The van der Waals surface area contributed by atoms with Crippen LogP contribution in [0.3, 0.4) is 0 Å². The molecule has 1 aromatic carbocycles. The van der Waals surface area contributed by atoms with Gasteiger partial charge in [-0.1, -0.05) is 30.0 Å². The number of thioether (sulfide) groups is 1. The molecule has 0 radical (unpaired) electrons. The molecule has 0 atom stereocenters. The number of hydrogen-bond acceptors (Lipinski definition) is 6. The van der Waals surface area contributed by atoms with Gasteiger partial charge in [-0.2, -0.15) is 5.10 Å². The van der Waals surface area contributed by atoms with Crippen LogP contribution in [0.4, 0.5) is 0 Å². The SMILES string of the molecule is Cc1sc2ncnc(SCC(=O)NCc3cnn(-c4ccccc4)c3)c2c1C. The highest BCUT2D eigenvalue weighted by atomic mass is 32.2. The first kappa shape index (κ1) is 18.6. The Hall–Kier alpha value is -2.71. The number of fused-ring (bicyclic) bond motifs is 1. The zero-order valence-electron chi connectivity index (χ0n) is 15.5. The summed E-state index contributed by atoms with van der Waals surface area (Å²) in [4.78, 5) is 23.2. The lowest BCUT2D eigenvalue weighted by atomic mass is 10.2. The van der Waals surface area contributed by atoms with Gasteiger partial charge in [0.1, 0.15) is 16.2 Å². The summed E-state index contributed by atoms with van der Waals surface area (Å²) in [5.41, 5.74) is 3.14. The molecular formula is C20H19N5OS2. The smallest absolute Gasteiger partial charge is 0.230 e. The average molecular weight is 410 g/mol. The molecule has 6 nitrogen and oxygen atoms in total. The summed E-state index contributed by atoms with van der Waals surface area (Å²) in [5.74, 6) is 0.279. The Labute approximate surface area is 171 Å². The van der Waals surface area contributed by atoms with Crippen LogP contribution in [0.25, 0.3) is 15.9 Å². The summed E-state index contributed by atoms with van der Waals surface area (Å²) >= 11 is 3.11. The van der Waals surface area contributed by atoms with E-state index in [-0.39, 0.29) is 5.91 Å². The normalized spacial score (nSPS) is 11.1. The van der Waals surface area contributed by atoms with E-state index in [1.54, 1.807) is 28.5 Å². The highest BCUT2D eigenvalue weighted by molar-refractivity contribution is 8.00. The van der Waals surface area contributed by atoms with Crippen LogP contribution in [-0.2, 0) is 11.3 Å². The maximum absolute atomic E-state index is 12.3. The van der Waals surface area contributed by atoms with Crippen molar-refractivity contribution in [3.63, 3.8) is 0 Å². The minimum absolute atomic E-state index is 0.0335. The first-order valence-electron chi connectivity index (χ1n) is 8.81. The molecule has 0 saturated heterocycles. The number of amides is 1. The van der Waals surface area contributed by atoms with Crippen molar-refractivity contribution >= 4 is 39.2 Å². The molecule has 4 rings (SSSR count). The van der Waals surface area contributed by atoms with Gasteiger partial charge < -0.3 is 5.32 Å². The van der Waals surface area contributed by atoms with E-state index in [1.807, 2.05) is 36.5 Å². The van der Waals surface area contributed by atoms with Crippen LogP contribution in [0.1, 0.15) is 16.0 Å². The predicted molar refractivity (Wildman–Crippen MR) is 113 cm³/mol. The number of aryl methyl sites for hydroxylation is 2. The van der Waals surface area contributed by atoms with E-state index in [0.29, 0.717) is 12.3 Å². The molecule has 3 aromatic heterocycles. The van der Waals surface area contributed by atoms with Crippen molar-refractivity contribution in [3.05, 3.63) is 65.1 Å². The topological polar surface area (TPSA) is 72.7 Å². The lowest BCUT2D eigenvalue weighted by Crippen LogP contribution is -2.24. The summed E-state index contributed by atoms with van der Waals surface area (Å²) in [6.45, 7) is 4.60. The maximum Gasteiger partial charge on any atom is 0.230 e. The van der Waals surface area contributed by atoms with Gasteiger partial charge in [-0.05, 0) is 31.5 Å². The molecule has 1 amide bonds. The highest BCUT2D eigenvalue weighted by Crippen LogP contribution is 2.34. The van der Waals surface area contributed by atoms with E-state index < -0.39 is 0 Å². The number of para-hydroxylation sites is 1. The van der Waals surface area contributed by atoms with Crippen molar-refractivity contribution < 1.29 is 4.79 Å². The Kier molecular flexibility index (Phi) is 5.40. The fourth-order valence-electron chi connectivity index (χ4n) is 2.82. The van der Waals surface area contributed by atoms with Crippen LogP contribution in [0.2, 0.25) is 0 Å². The molecule has 0 spiro atoms. The molecule has 0 unspecified atom stereocenters. The van der Waals surface area contributed by atoms with E-state index in [0.717, 1.165) is 26.5 Å². The Morgan fingerprint density at radius 3 is 2.86 bits per heavy atom. The minimum Gasteiger partial charge on any atom is -0.351 e. The lowest BCUT2D eigenvalue weighted by molar-refractivity contribution is -0.118. The molecule has 0 saturated carbocycles. The molecule has 0 aliphatic heterocycles. The molecule has 8 heteroatoms. The standard InChI is InChI=1S/C20H19N5OS2/c1-13-14(2)28-20-18(13)19(22-12-23-20)27-11-17(26)21-8-15-9-24-25(10-15)16-6-4-3-5-7-16/h3-7,9-10,12H,8,11H2,1-2H3,(H,21,26). The van der Waals surface area contributed by atoms with Crippen LogP contribution in [0, 0.1) is 13.8 Å². The fraction of sp³-hybridized carbons (Fsp3) is 0.200. The van der Waals surface area contributed by atoms with E-state index in [4.69, 9.17) is 0 Å². The number of carbonyl (C=O) groups is 1. The van der Waals surface area contributed by atoms with Gasteiger partial charge in [-0.3, -0.25) is 4.79 Å². The summed E-state index contributed by atoms with van der Waals surface area (Å²) in [7, 11) is 0. The van der Waals surface area contributed by atoms with Gasteiger partial charge in [0, 0.05) is 28.6 Å². The number of benzene rings is 1. The number of nitrogens with one attached hydrogen (secondary N) is 1.